The zero-order chi connectivity index (χ0) is 22.9. The first-order valence-corrected chi connectivity index (χ1v) is 12.5. The van der Waals surface area contributed by atoms with Crippen LogP contribution in [0.5, 0.6) is 0 Å². The molecular weight excluding hydrogens is 478 g/mol. The summed E-state index contributed by atoms with van der Waals surface area (Å²) in [6.07, 6.45) is 0. The Morgan fingerprint density at radius 2 is 1.12 bits per heavy atom. The van der Waals surface area contributed by atoms with Gasteiger partial charge in [0.15, 0.2) is 0 Å². The summed E-state index contributed by atoms with van der Waals surface area (Å²) < 4.78 is 1.17. The van der Waals surface area contributed by atoms with Gasteiger partial charge in [-0.05, 0) is 64.6 Å². The summed E-state index contributed by atoms with van der Waals surface area (Å²) in [6.45, 7) is 2.19. The van der Waals surface area contributed by atoms with E-state index >= 15 is 0 Å². The van der Waals surface area contributed by atoms with Crippen LogP contribution in [0.3, 0.4) is 0 Å². The summed E-state index contributed by atoms with van der Waals surface area (Å²) in [5, 5.41) is 0. The Hall–Kier alpha value is -3.62. The number of aryl methyl sites for hydroxylation is 1. The summed E-state index contributed by atoms with van der Waals surface area (Å²) >= 11 is 4.08. The van der Waals surface area contributed by atoms with Gasteiger partial charge in [0.2, 0.25) is 0 Å². The van der Waals surface area contributed by atoms with Gasteiger partial charge < -0.3 is 4.90 Å². The molecule has 5 aromatic rings. The van der Waals surface area contributed by atoms with Gasteiger partial charge >= 0.3 is 0 Å². The van der Waals surface area contributed by atoms with Crippen LogP contribution in [0.2, 0.25) is 0 Å². The van der Waals surface area contributed by atoms with Crippen LogP contribution in [0, 0.1) is 6.92 Å². The molecule has 0 saturated carbocycles. The van der Waals surface area contributed by atoms with Crippen molar-refractivity contribution in [2.24, 2.45) is 0 Å². The van der Waals surface area contributed by atoms with Crippen molar-refractivity contribution in [3.63, 3.8) is 0 Å². The summed E-state index contributed by atoms with van der Waals surface area (Å²) in [4.78, 5) is 2.42. The Labute approximate surface area is 208 Å². The van der Waals surface area contributed by atoms with Gasteiger partial charge in [-0.15, -0.1) is 0 Å². The molecule has 1 spiro atoms. The number of fused-ring (bicyclic) bond motifs is 9. The summed E-state index contributed by atoms with van der Waals surface area (Å²) in [7, 11) is 0. The molecule has 1 aliphatic heterocycles. The molecule has 1 heterocycles. The van der Waals surface area contributed by atoms with E-state index in [-0.39, 0.29) is 0 Å². The molecule has 2 aliphatic rings. The maximum atomic E-state index is 4.08. The van der Waals surface area contributed by atoms with Crippen LogP contribution < -0.4 is 4.90 Å². The number of rotatable bonds is 1. The van der Waals surface area contributed by atoms with Crippen LogP contribution in [0.4, 0.5) is 17.1 Å². The van der Waals surface area contributed by atoms with Crippen molar-refractivity contribution in [1.29, 1.82) is 0 Å². The van der Waals surface area contributed by atoms with Crippen molar-refractivity contribution in [2.45, 2.75) is 12.3 Å². The topological polar surface area (TPSA) is 3.24 Å². The molecule has 0 aromatic heterocycles. The van der Waals surface area contributed by atoms with Gasteiger partial charge in [-0.3, -0.25) is 0 Å². The molecule has 34 heavy (non-hydrogen) atoms. The molecule has 0 radical (unpaired) electrons. The number of halogens is 1. The molecule has 7 rings (SSSR count). The van der Waals surface area contributed by atoms with Crippen LogP contribution in [0.25, 0.3) is 11.1 Å². The monoisotopic (exact) mass is 499 g/mol. The van der Waals surface area contributed by atoms with Crippen molar-refractivity contribution in [1.82, 2.24) is 0 Å². The number of nitrogens with zero attached hydrogens (tertiary/aromatic N) is 1. The van der Waals surface area contributed by atoms with Crippen LogP contribution in [-0.4, -0.2) is 0 Å². The third kappa shape index (κ3) is 2.39. The first-order valence-electron chi connectivity index (χ1n) is 11.7. The average molecular weight is 500 g/mol. The van der Waals surface area contributed by atoms with Crippen molar-refractivity contribution in [2.75, 3.05) is 4.90 Å². The second-order valence-corrected chi connectivity index (χ2v) is 9.91. The molecule has 0 N–H and O–H groups in total. The van der Waals surface area contributed by atoms with E-state index < -0.39 is 5.41 Å². The van der Waals surface area contributed by atoms with Crippen molar-refractivity contribution >= 4 is 33.0 Å². The van der Waals surface area contributed by atoms with Crippen molar-refractivity contribution in [3.8, 4) is 11.1 Å². The predicted octanol–water partition coefficient (Wildman–Crippen LogP) is 8.90. The third-order valence-electron chi connectivity index (χ3n) is 7.44. The number of anilines is 3. The largest absolute Gasteiger partial charge is 0.310 e. The normalized spacial score (nSPS) is 14.4. The van der Waals surface area contributed by atoms with E-state index in [1.54, 1.807) is 0 Å². The highest BCUT2D eigenvalue weighted by Crippen LogP contribution is 2.64. The zero-order valence-electron chi connectivity index (χ0n) is 18.8. The SMILES string of the molecule is Cc1ccc2c(c1Br)C1(c3ccccc3-c3ccccc31)c1ccccc1N2c1ccccc1. The molecular formula is C32H22BrN. The fourth-order valence-corrected chi connectivity index (χ4v) is 6.75. The van der Waals surface area contributed by atoms with Crippen LogP contribution >= 0.6 is 15.9 Å². The molecule has 1 aliphatic carbocycles. The zero-order valence-corrected chi connectivity index (χ0v) is 20.4. The summed E-state index contributed by atoms with van der Waals surface area (Å²) in [5.41, 5.74) is 12.4. The van der Waals surface area contributed by atoms with Gasteiger partial charge in [-0.1, -0.05) is 107 Å². The second-order valence-electron chi connectivity index (χ2n) is 9.12. The van der Waals surface area contributed by atoms with E-state index in [0.717, 1.165) is 0 Å². The average Bonchev–Trinajstić information content (AvgIpc) is 3.18. The first kappa shape index (κ1) is 19.8. The van der Waals surface area contributed by atoms with E-state index in [4.69, 9.17) is 0 Å². The number of para-hydroxylation sites is 2. The molecule has 5 aromatic carbocycles. The lowest BCUT2D eigenvalue weighted by Crippen LogP contribution is -2.36. The first-order chi connectivity index (χ1) is 16.7. The van der Waals surface area contributed by atoms with Gasteiger partial charge in [0.1, 0.15) is 0 Å². The van der Waals surface area contributed by atoms with E-state index in [0.29, 0.717) is 0 Å². The molecule has 0 amide bonds. The fraction of sp³-hybridized carbons (Fsp3) is 0.0625. The quantitative estimate of drug-likeness (QED) is 0.218. The maximum Gasteiger partial charge on any atom is 0.0765 e. The Bertz CT molecular complexity index is 1540. The smallest absolute Gasteiger partial charge is 0.0765 e. The summed E-state index contributed by atoms with van der Waals surface area (Å²) in [6, 6.07) is 42.0. The number of benzene rings is 5. The van der Waals surface area contributed by atoms with Gasteiger partial charge in [-0.25, -0.2) is 0 Å². The maximum absolute atomic E-state index is 4.08. The Kier molecular flexibility index (Phi) is 4.19. The summed E-state index contributed by atoms with van der Waals surface area (Å²) in [5.74, 6) is 0. The standard InChI is InChI=1S/C32H22BrN/c1-21-19-20-29-30(31(21)33)32(25-15-7-5-13-23(25)24-14-6-8-16-26(24)32)27-17-9-10-18-28(27)34(29)22-11-3-2-4-12-22/h2-20H,1H3. The number of hydrogen-bond donors (Lipinski definition) is 0. The fourth-order valence-electron chi connectivity index (χ4n) is 6.11. The minimum absolute atomic E-state index is 0.394. The van der Waals surface area contributed by atoms with E-state index in [1.165, 1.54) is 60.5 Å². The Morgan fingerprint density at radius 1 is 0.559 bits per heavy atom. The number of hydrogen-bond acceptors (Lipinski definition) is 1. The van der Waals surface area contributed by atoms with Gasteiger partial charge in [0, 0.05) is 15.7 Å². The highest BCUT2D eigenvalue weighted by Gasteiger charge is 2.52. The minimum atomic E-state index is -0.394. The van der Waals surface area contributed by atoms with E-state index in [2.05, 4.69) is 143 Å². The third-order valence-corrected chi connectivity index (χ3v) is 8.47. The lowest BCUT2D eigenvalue weighted by atomic mass is 9.64. The highest BCUT2D eigenvalue weighted by atomic mass is 79.9. The van der Waals surface area contributed by atoms with E-state index in [1.807, 2.05) is 0 Å². The molecule has 0 atom stereocenters. The molecule has 0 bridgehead atoms. The Morgan fingerprint density at radius 3 is 1.79 bits per heavy atom. The van der Waals surface area contributed by atoms with E-state index in [9.17, 15) is 0 Å². The predicted molar refractivity (Wildman–Crippen MR) is 144 cm³/mol. The lowest BCUT2D eigenvalue weighted by Gasteiger charge is -2.45. The minimum Gasteiger partial charge on any atom is -0.310 e. The van der Waals surface area contributed by atoms with Crippen LogP contribution in [-0.2, 0) is 5.41 Å². The van der Waals surface area contributed by atoms with Crippen LogP contribution in [0.1, 0.15) is 27.8 Å². The molecule has 1 nitrogen and oxygen atoms in total. The van der Waals surface area contributed by atoms with Gasteiger partial charge in [0.05, 0.1) is 16.8 Å². The molecule has 0 saturated heterocycles. The molecule has 162 valence electrons. The van der Waals surface area contributed by atoms with Gasteiger partial charge in [0.25, 0.3) is 0 Å². The Balaban J connectivity index is 1.71. The van der Waals surface area contributed by atoms with Crippen molar-refractivity contribution in [3.05, 3.63) is 148 Å². The molecule has 2 heteroatoms. The van der Waals surface area contributed by atoms with Gasteiger partial charge in [-0.2, -0.15) is 0 Å². The molecule has 0 fully saturated rings. The highest BCUT2D eigenvalue weighted by molar-refractivity contribution is 9.10. The van der Waals surface area contributed by atoms with Crippen LogP contribution in [0.15, 0.2) is 120 Å². The lowest BCUT2D eigenvalue weighted by molar-refractivity contribution is 0.746. The van der Waals surface area contributed by atoms with Crippen molar-refractivity contribution < 1.29 is 0 Å². The molecule has 0 unspecified atom stereocenters. The second kappa shape index (κ2) is 7.19.